The Morgan fingerprint density at radius 1 is 1.29 bits per heavy atom. The summed E-state index contributed by atoms with van der Waals surface area (Å²) in [5.41, 5.74) is 0.990. The van der Waals surface area contributed by atoms with Crippen molar-refractivity contribution in [2.45, 2.75) is 40.0 Å². The number of ether oxygens (including phenoxy) is 1. The van der Waals surface area contributed by atoms with E-state index >= 15 is 0 Å². The van der Waals surface area contributed by atoms with Crippen molar-refractivity contribution in [1.82, 2.24) is 0 Å². The van der Waals surface area contributed by atoms with Gasteiger partial charge in [0.15, 0.2) is 0 Å². The summed E-state index contributed by atoms with van der Waals surface area (Å²) in [5, 5.41) is 0. The number of hydrogen-bond acceptors (Lipinski definition) is 3. The zero-order valence-corrected chi connectivity index (χ0v) is 9.13. The lowest BCUT2D eigenvalue weighted by Gasteiger charge is -2.05. The molecule has 0 atom stereocenters. The Hall–Kier alpha value is -1.12. The second-order valence-electron chi connectivity index (χ2n) is 3.15. The highest BCUT2D eigenvalue weighted by Crippen LogP contribution is 2.10. The van der Waals surface area contributed by atoms with Crippen molar-refractivity contribution < 1.29 is 14.3 Å². The SMILES string of the molecule is CCCOC(=O)C(C)=C(C=O)CCC. The van der Waals surface area contributed by atoms with Crippen LogP contribution >= 0.6 is 0 Å². The number of esters is 1. The van der Waals surface area contributed by atoms with Gasteiger partial charge in [-0.1, -0.05) is 20.3 Å². The van der Waals surface area contributed by atoms with Gasteiger partial charge in [0.05, 0.1) is 6.61 Å². The first-order chi connectivity index (χ1) is 6.67. The van der Waals surface area contributed by atoms with Gasteiger partial charge in [0.2, 0.25) is 0 Å². The lowest BCUT2D eigenvalue weighted by Crippen LogP contribution is -2.09. The van der Waals surface area contributed by atoms with Crippen LogP contribution in [-0.2, 0) is 14.3 Å². The van der Waals surface area contributed by atoms with Gasteiger partial charge in [-0.3, -0.25) is 4.79 Å². The van der Waals surface area contributed by atoms with Crippen molar-refractivity contribution in [3.8, 4) is 0 Å². The highest BCUT2D eigenvalue weighted by molar-refractivity contribution is 5.94. The Bertz CT molecular complexity index is 229. The predicted molar refractivity (Wildman–Crippen MR) is 54.9 cm³/mol. The van der Waals surface area contributed by atoms with Gasteiger partial charge in [-0.2, -0.15) is 0 Å². The van der Waals surface area contributed by atoms with Crippen molar-refractivity contribution in [3.05, 3.63) is 11.1 Å². The van der Waals surface area contributed by atoms with Crippen LogP contribution < -0.4 is 0 Å². The molecule has 3 nitrogen and oxygen atoms in total. The smallest absolute Gasteiger partial charge is 0.334 e. The fourth-order valence-electron chi connectivity index (χ4n) is 1.04. The molecule has 14 heavy (non-hydrogen) atoms. The normalized spacial score (nSPS) is 11.9. The number of hydrogen-bond donors (Lipinski definition) is 0. The third-order valence-electron chi connectivity index (χ3n) is 1.89. The first kappa shape index (κ1) is 12.9. The summed E-state index contributed by atoms with van der Waals surface area (Å²) in [4.78, 5) is 22.0. The van der Waals surface area contributed by atoms with Crippen LogP contribution in [0.3, 0.4) is 0 Å². The quantitative estimate of drug-likeness (QED) is 0.373. The molecule has 0 aromatic rings. The van der Waals surface area contributed by atoms with Crippen LogP contribution in [0.2, 0.25) is 0 Å². The summed E-state index contributed by atoms with van der Waals surface area (Å²) in [6, 6.07) is 0. The van der Waals surface area contributed by atoms with Crippen molar-refractivity contribution >= 4 is 12.3 Å². The maximum absolute atomic E-state index is 11.3. The molecule has 0 aliphatic heterocycles. The molecule has 0 unspecified atom stereocenters. The first-order valence-corrected chi connectivity index (χ1v) is 4.99. The van der Waals surface area contributed by atoms with Gasteiger partial charge in [-0.25, -0.2) is 4.79 Å². The Labute approximate surface area is 85.1 Å². The minimum atomic E-state index is -0.373. The molecule has 0 saturated heterocycles. The summed E-state index contributed by atoms with van der Waals surface area (Å²) in [7, 11) is 0. The van der Waals surface area contributed by atoms with Gasteiger partial charge in [0.25, 0.3) is 0 Å². The molecule has 0 heterocycles. The molecule has 3 heteroatoms. The molecule has 0 radical (unpaired) electrons. The van der Waals surface area contributed by atoms with Crippen molar-refractivity contribution in [1.29, 1.82) is 0 Å². The second kappa shape index (κ2) is 7.30. The van der Waals surface area contributed by atoms with E-state index in [1.807, 2.05) is 13.8 Å². The summed E-state index contributed by atoms with van der Waals surface area (Å²) >= 11 is 0. The Morgan fingerprint density at radius 3 is 2.36 bits per heavy atom. The van der Waals surface area contributed by atoms with Gasteiger partial charge >= 0.3 is 5.97 Å². The minimum absolute atomic E-state index is 0.373. The summed E-state index contributed by atoms with van der Waals surface area (Å²) in [6.45, 7) is 5.94. The van der Waals surface area contributed by atoms with Crippen LogP contribution in [0, 0.1) is 0 Å². The minimum Gasteiger partial charge on any atom is -0.462 e. The third kappa shape index (κ3) is 4.21. The molecule has 0 rings (SSSR count). The molecule has 0 N–H and O–H groups in total. The largest absolute Gasteiger partial charge is 0.462 e. The van der Waals surface area contributed by atoms with E-state index in [4.69, 9.17) is 4.74 Å². The highest BCUT2D eigenvalue weighted by Gasteiger charge is 2.10. The van der Waals surface area contributed by atoms with Crippen LogP contribution in [0.5, 0.6) is 0 Å². The van der Waals surface area contributed by atoms with E-state index in [2.05, 4.69) is 0 Å². The molecule has 0 bridgehead atoms. The fraction of sp³-hybridized carbons (Fsp3) is 0.636. The van der Waals surface area contributed by atoms with Gasteiger partial charge in [-0.05, 0) is 19.8 Å². The Balaban J connectivity index is 4.42. The van der Waals surface area contributed by atoms with Crippen LogP contribution in [0.25, 0.3) is 0 Å². The number of carbonyl (C=O) groups is 2. The zero-order chi connectivity index (χ0) is 11.0. The standard InChI is InChI=1S/C11H18O3/c1-4-6-10(8-12)9(3)11(13)14-7-5-2/h8H,4-7H2,1-3H3. The third-order valence-corrected chi connectivity index (χ3v) is 1.89. The monoisotopic (exact) mass is 198 g/mol. The highest BCUT2D eigenvalue weighted by atomic mass is 16.5. The van der Waals surface area contributed by atoms with E-state index in [1.165, 1.54) is 0 Å². The number of carbonyl (C=O) groups excluding carboxylic acids is 2. The van der Waals surface area contributed by atoms with Crippen molar-refractivity contribution in [3.63, 3.8) is 0 Å². The fourth-order valence-corrected chi connectivity index (χ4v) is 1.04. The summed E-state index contributed by atoms with van der Waals surface area (Å²) < 4.78 is 4.93. The van der Waals surface area contributed by atoms with E-state index in [0.717, 1.165) is 19.1 Å². The second-order valence-corrected chi connectivity index (χ2v) is 3.15. The van der Waals surface area contributed by atoms with Gasteiger partial charge in [-0.15, -0.1) is 0 Å². The number of aldehydes is 1. The van der Waals surface area contributed by atoms with E-state index in [1.54, 1.807) is 6.92 Å². The van der Waals surface area contributed by atoms with Gasteiger partial charge in [0, 0.05) is 11.1 Å². The average molecular weight is 198 g/mol. The van der Waals surface area contributed by atoms with Crippen molar-refractivity contribution in [2.75, 3.05) is 6.61 Å². The van der Waals surface area contributed by atoms with E-state index < -0.39 is 0 Å². The number of rotatable bonds is 6. The molecule has 0 fully saturated rings. The van der Waals surface area contributed by atoms with Crippen LogP contribution in [-0.4, -0.2) is 18.9 Å². The molecule has 0 aliphatic rings. The number of allylic oxidation sites excluding steroid dienone is 1. The van der Waals surface area contributed by atoms with E-state index in [9.17, 15) is 9.59 Å². The molecule has 0 spiro atoms. The Morgan fingerprint density at radius 2 is 1.93 bits per heavy atom. The van der Waals surface area contributed by atoms with Crippen LogP contribution in [0.4, 0.5) is 0 Å². The Kier molecular flexibility index (Phi) is 6.72. The molecule has 80 valence electrons. The molecular formula is C11H18O3. The summed E-state index contributed by atoms with van der Waals surface area (Å²) in [6.07, 6.45) is 3.03. The molecule has 0 saturated carbocycles. The van der Waals surface area contributed by atoms with Gasteiger partial charge in [0.1, 0.15) is 6.29 Å². The molecule has 0 aromatic heterocycles. The molecule has 0 amide bonds. The van der Waals surface area contributed by atoms with Crippen LogP contribution in [0.1, 0.15) is 40.0 Å². The van der Waals surface area contributed by atoms with E-state index in [-0.39, 0.29) is 5.97 Å². The molecule has 0 aromatic carbocycles. The first-order valence-electron chi connectivity index (χ1n) is 4.99. The summed E-state index contributed by atoms with van der Waals surface area (Å²) in [5.74, 6) is -0.373. The maximum Gasteiger partial charge on any atom is 0.334 e. The average Bonchev–Trinajstić information content (AvgIpc) is 2.21. The lowest BCUT2D eigenvalue weighted by molar-refractivity contribution is -0.139. The maximum atomic E-state index is 11.3. The van der Waals surface area contributed by atoms with Crippen LogP contribution in [0.15, 0.2) is 11.1 Å². The lowest BCUT2D eigenvalue weighted by atomic mass is 10.1. The topological polar surface area (TPSA) is 43.4 Å². The van der Waals surface area contributed by atoms with Crippen molar-refractivity contribution in [2.24, 2.45) is 0 Å². The zero-order valence-electron chi connectivity index (χ0n) is 9.13. The predicted octanol–water partition coefficient (Wildman–Crippen LogP) is 2.26. The van der Waals surface area contributed by atoms with Gasteiger partial charge < -0.3 is 4.74 Å². The molecular weight excluding hydrogens is 180 g/mol. The molecule has 0 aliphatic carbocycles. The van der Waals surface area contributed by atoms with E-state index in [0.29, 0.717) is 24.2 Å².